The van der Waals surface area contributed by atoms with Gasteiger partial charge < -0.3 is 0 Å². The van der Waals surface area contributed by atoms with Crippen molar-refractivity contribution in [1.82, 2.24) is 0 Å². The molecular weight excluding hydrogens is 364 g/mol. The van der Waals surface area contributed by atoms with Gasteiger partial charge >= 0.3 is 0 Å². The van der Waals surface area contributed by atoms with E-state index in [0.717, 1.165) is 48.3 Å². The van der Waals surface area contributed by atoms with Crippen molar-refractivity contribution >= 4 is 5.78 Å². The SMILES string of the molecule is CC(C)CCC[C@@H](C)[C@H]1CC[C@H]2[C@@H]3CC=C4C(C)(C)C(=O)CC[C@]4(C)[C@H]3CC[C@]12C. The monoisotopic (exact) mass is 412 g/mol. The standard InChI is InChI=1S/C29H48O/c1-19(2)9-8-10-20(3)22-12-13-23-21-11-14-25-27(4,5)26(30)16-18-29(25,7)24(21)15-17-28(22,23)6/h14,19-24H,8-13,15-18H2,1-7H3/t20-,21+,22-,23+,24+,28-,29-/m1/s1. The molecule has 0 radical (unpaired) electrons. The highest BCUT2D eigenvalue weighted by atomic mass is 16.1. The first-order chi connectivity index (χ1) is 14.0. The van der Waals surface area contributed by atoms with Gasteiger partial charge in [-0.2, -0.15) is 0 Å². The van der Waals surface area contributed by atoms with Crippen LogP contribution in [-0.4, -0.2) is 5.78 Å². The van der Waals surface area contributed by atoms with Gasteiger partial charge in [0.05, 0.1) is 0 Å². The molecule has 0 N–H and O–H groups in total. The number of ketones is 1. The number of fused-ring (bicyclic) bond motifs is 5. The Morgan fingerprint density at radius 1 is 0.967 bits per heavy atom. The van der Waals surface area contributed by atoms with Crippen LogP contribution in [0.2, 0.25) is 0 Å². The van der Waals surface area contributed by atoms with E-state index in [1.165, 1.54) is 56.9 Å². The lowest BCUT2D eigenvalue weighted by Gasteiger charge is -2.60. The Morgan fingerprint density at radius 3 is 2.40 bits per heavy atom. The fourth-order valence-electron chi connectivity index (χ4n) is 9.24. The molecule has 3 fully saturated rings. The van der Waals surface area contributed by atoms with Crippen molar-refractivity contribution in [2.75, 3.05) is 0 Å². The minimum atomic E-state index is -0.234. The number of hydrogen-bond acceptors (Lipinski definition) is 1. The van der Waals surface area contributed by atoms with Crippen LogP contribution in [0.4, 0.5) is 0 Å². The molecule has 0 aromatic carbocycles. The van der Waals surface area contributed by atoms with E-state index in [2.05, 4.69) is 54.5 Å². The van der Waals surface area contributed by atoms with Crippen LogP contribution in [0.3, 0.4) is 0 Å². The second-order valence-corrected chi connectivity index (χ2v) is 13.2. The van der Waals surface area contributed by atoms with Crippen LogP contribution in [0.5, 0.6) is 0 Å². The quantitative estimate of drug-likeness (QED) is 0.415. The summed E-state index contributed by atoms with van der Waals surface area (Å²) in [6, 6.07) is 0. The Labute approximate surface area is 186 Å². The van der Waals surface area contributed by atoms with Gasteiger partial charge in [0.15, 0.2) is 0 Å². The highest BCUT2D eigenvalue weighted by molar-refractivity contribution is 5.89. The van der Waals surface area contributed by atoms with E-state index < -0.39 is 0 Å². The minimum absolute atomic E-state index is 0.234. The van der Waals surface area contributed by atoms with Crippen molar-refractivity contribution in [2.24, 2.45) is 51.8 Å². The number of Topliss-reactive ketones (excluding diaryl/α,β-unsaturated/α-hetero) is 1. The summed E-state index contributed by atoms with van der Waals surface area (Å²) in [6.45, 7) is 16.9. The molecule has 0 saturated heterocycles. The summed E-state index contributed by atoms with van der Waals surface area (Å²) in [5.74, 6) is 5.69. The van der Waals surface area contributed by atoms with E-state index >= 15 is 0 Å². The Hall–Kier alpha value is -0.590. The number of rotatable bonds is 5. The normalized spacial score (nSPS) is 43.6. The largest absolute Gasteiger partial charge is 0.299 e. The zero-order chi connectivity index (χ0) is 21.9. The smallest absolute Gasteiger partial charge is 0.142 e. The molecule has 0 bridgehead atoms. The molecule has 0 heterocycles. The molecule has 0 aromatic heterocycles. The lowest BCUT2D eigenvalue weighted by Crippen LogP contribution is -2.53. The molecule has 0 amide bonds. The molecule has 7 atom stereocenters. The zero-order valence-corrected chi connectivity index (χ0v) is 21.0. The van der Waals surface area contributed by atoms with Crippen molar-refractivity contribution in [3.05, 3.63) is 11.6 Å². The van der Waals surface area contributed by atoms with Gasteiger partial charge in [-0.3, -0.25) is 4.79 Å². The summed E-state index contributed by atoms with van der Waals surface area (Å²) in [5.41, 5.74) is 2.10. The summed E-state index contributed by atoms with van der Waals surface area (Å²) in [5, 5.41) is 0. The topological polar surface area (TPSA) is 17.1 Å². The van der Waals surface area contributed by atoms with Gasteiger partial charge in [-0.25, -0.2) is 0 Å². The lowest BCUT2D eigenvalue weighted by molar-refractivity contribution is -0.132. The maximum Gasteiger partial charge on any atom is 0.142 e. The van der Waals surface area contributed by atoms with E-state index in [4.69, 9.17) is 0 Å². The third-order valence-corrected chi connectivity index (χ3v) is 10.9. The maximum absolute atomic E-state index is 12.7. The zero-order valence-electron chi connectivity index (χ0n) is 21.0. The van der Waals surface area contributed by atoms with Crippen LogP contribution >= 0.6 is 0 Å². The van der Waals surface area contributed by atoms with Crippen LogP contribution in [0.1, 0.15) is 113 Å². The van der Waals surface area contributed by atoms with Gasteiger partial charge in [-0.05, 0) is 98.7 Å². The van der Waals surface area contributed by atoms with Crippen LogP contribution in [0, 0.1) is 51.8 Å². The first-order valence-corrected chi connectivity index (χ1v) is 13.3. The molecule has 170 valence electrons. The number of hydrogen-bond donors (Lipinski definition) is 0. The number of carbonyl (C=O) groups is 1. The summed E-state index contributed by atoms with van der Waals surface area (Å²) < 4.78 is 0. The maximum atomic E-state index is 12.7. The van der Waals surface area contributed by atoms with Gasteiger partial charge in [-0.15, -0.1) is 0 Å². The molecule has 3 saturated carbocycles. The fraction of sp³-hybridized carbons (Fsp3) is 0.897. The van der Waals surface area contributed by atoms with E-state index in [0.29, 0.717) is 11.2 Å². The predicted molar refractivity (Wildman–Crippen MR) is 127 cm³/mol. The second kappa shape index (κ2) is 7.77. The van der Waals surface area contributed by atoms with Crippen molar-refractivity contribution in [2.45, 2.75) is 113 Å². The molecule has 4 rings (SSSR count). The molecule has 0 aromatic rings. The molecule has 0 unspecified atom stereocenters. The predicted octanol–water partition coefficient (Wildman–Crippen LogP) is 8.23. The Bertz CT molecular complexity index is 699. The van der Waals surface area contributed by atoms with Crippen LogP contribution < -0.4 is 0 Å². The lowest BCUT2D eigenvalue weighted by atomic mass is 9.44. The number of allylic oxidation sites excluding steroid dienone is 2. The third kappa shape index (κ3) is 3.36. The summed E-state index contributed by atoms with van der Waals surface area (Å²) in [7, 11) is 0. The number of carbonyl (C=O) groups excluding carboxylic acids is 1. The molecule has 4 aliphatic rings. The average molecular weight is 413 g/mol. The van der Waals surface area contributed by atoms with Crippen molar-refractivity contribution < 1.29 is 4.79 Å². The van der Waals surface area contributed by atoms with E-state index in [-0.39, 0.29) is 10.8 Å². The van der Waals surface area contributed by atoms with E-state index in [1.807, 2.05) is 0 Å². The molecule has 1 heteroatoms. The summed E-state index contributed by atoms with van der Waals surface area (Å²) >= 11 is 0. The average Bonchev–Trinajstić information content (AvgIpc) is 3.02. The van der Waals surface area contributed by atoms with Gasteiger partial charge in [-0.1, -0.05) is 65.5 Å². The summed E-state index contributed by atoms with van der Waals surface area (Å²) in [6.07, 6.45) is 15.7. The molecule has 0 spiro atoms. The van der Waals surface area contributed by atoms with Crippen LogP contribution in [-0.2, 0) is 4.79 Å². The van der Waals surface area contributed by atoms with Gasteiger partial charge in [0.2, 0.25) is 0 Å². The van der Waals surface area contributed by atoms with Crippen molar-refractivity contribution in [3.8, 4) is 0 Å². The minimum Gasteiger partial charge on any atom is -0.299 e. The van der Waals surface area contributed by atoms with Gasteiger partial charge in [0.25, 0.3) is 0 Å². The van der Waals surface area contributed by atoms with Crippen molar-refractivity contribution in [1.29, 1.82) is 0 Å². The van der Waals surface area contributed by atoms with Crippen LogP contribution in [0.25, 0.3) is 0 Å². The summed E-state index contributed by atoms with van der Waals surface area (Å²) in [4.78, 5) is 12.7. The van der Waals surface area contributed by atoms with Crippen molar-refractivity contribution in [3.63, 3.8) is 0 Å². The Balaban J connectivity index is 1.54. The van der Waals surface area contributed by atoms with Crippen LogP contribution in [0.15, 0.2) is 11.6 Å². The van der Waals surface area contributed by atoms with Gasteiger partial charge in [0, 0.05) is 11.8 Å². The fourth-order valence-corrected chi connectivity index (χ4v) is 9.24. The van der Waals surface area contributed by atoms with E-state index in [9.17, 15) is 4.79 Å². The first-order valence-electron chi connectivity index (χ1n) is 13.3. The highest BCUT2D eigenvalue weighted by Crippen LogP contribution is 2.68. The molecule has 30 heavy (non-hydrogen) atoms. The molecular formula is C29H48O. The third-order valence-electron chi connectivity index (χ3n) is 10.9. The van der Waals surface area contributed by atoms with Gasteiger partial charge in [0.1, 0.15) is 5.78 Å². The second-order valence-electron chi connectivity index (χ2n) is 13.2. The molecule has 0 aliphatic heterocycles. The highest BCUT2D eigenvalue weighted by Gasteiger charge is 2.61. The Morgan fingerprint density at radius 2 is 1.70 bits per heavy atom. The molecule has 1 nitrogen and oxygen atoms in total. The van der Waals surface area contributed by atoms with E-state index in [1.54, 1.807) is 0 Å². The molecule has 4 aliphatic carbocycles. The Kier molecular flexibility index (Phi) is 5.85. The first kappa shape index (κ1) is 22.6.